The molecule has 6 nitrogen and oxygen atoms in total. The Morgan fingerprint density at radius 3 is 2.38 bits per heavy atom. The number of rotatable bonds is 4. The molecule has 1 saturated carbocycles. The number of benzene rings is 2. The molecule has 1 heterocycles. The monoisotopic (exact) mass is 444 g/mol. The summed E-state index contributed by atoms with van der Waals surface area (Å²) in [6.45, 7) is 1.96. The predicted octanol–water partition coefficient (Wildman–Crippen LogP) is 4.99. The summed E-state index contributed by atoms with van der Waals surface area (Å²) in [6.07, 6.45) is -0.448. The van der Waals surface area contributed by atoms with E-state index in [9.17, 15) is 13.2 Å². The van der Waals surface area contributed by atoms with Crippen LogP contribution < -0.4 is 21.7 Å². The highest BCUT2D eigenvalue weighted by atomic mass is 19.4. The summed E-state index contributed by atoms with van der Waals surface area (Å²) >= 11 is 0. The van der Waals surface area contributed by atoms with Gasteiger partial charge in [0.2, 0.25) is 11.9 Å². The average molecular weight is 445 g/mol. The van der Waals surface area contributed by atoms with E-state index in [-0.39, 0.29) is 18.0 Å². The highest BCUT2D eigenvalue weighted by molar-refractivity contribution is 6.07. The molecule has 0 amide bonds. The fourth-order valence-corrected chi connectivity index (χ4v) is 4.54. The van der Waals surface area contributed by atoms with Crippen molar-refractivity contribution in [2.75, 3.05) is 10.2 Å². The van der Waals surface area contributed by atoms with Crippen molar-refractivity contribution in [3.05, 3.63) is 59.7 Å². The van der Waals surface area contributed by atoms with Gasteiger partial charge in [0, 0.05) is 6.04 Å². The number of guanidine groups is 2. The standard InChI is InChI=1S/C23H27F3N6/c1-15(16-8-4-2-5-9-16)29-18-11-10-17(23(24,25)26)14-19(18)32-21(28)30-20(27)31-22(32)12-6-3-7-13-22/h2,4-5,8-11,14-15,29H,3,6-7,12-13H2,1H3,(H4,27,28,30,31). The van der Waals surface area contributed by atoms with Gasteiger partial charge >= 0.3 is 6.18 Å². The van der Waals surface area contributed by atoms with E-state index in [1.165, 1.54) is 6.07 Å². The fraction of sp³-hybridized carbons (Fsp3) is 0.391. The van der Waals surface area contributed by atoms with E-state index in [2.05, 4.69) is 15.3 Å². The van der Waals surface area contributed by atoms with E-state index in [1.54, 1.807) is 4.90 Å². The van der Waals surface area contributed by atoms with Gasteiger partial charge in [0.1, 0.15) is 5.66 Å². The number of halogens is 3. The van der Waals surface area contributed by atoms with Crippen LogP contribution in [-0.4, -0.2) is 17.6 Å². The van der Waals surface area contributed by atoms with Crippen molar-refractivity contribution >= 4 is 23.3 Å². The third-order valence-corrected chi connectivity index (χ3v) is 6.09. The summed E-state index contributed by atoms with van der Waals surface area (Å²) in [4.78, 5) is 10.3. The van der Waals surface area contributed by atoms with Gasteiger partial charge in [-0.2, -0.15) is 18.2 Å². The molecule has 4 rings (SSSR count). The lowest BCUT2D eigenvalue weighted by molar-refractivity contribution is -0.137. The molecule has 1 unspecified atom stereocenters. The first-order valence-electron chi connectivity index (χ1n) is 10.7. The lowest BCUT2D eigenvalue weighted by Gasteiger charge is -2.46. The molecule has 1 spiro atoms. The summed E-state index contributed by atoms with van der Waals surface area (Å²) in [7, 11) is 0. The number of hydrogen-bond donors (Lipinski definition) is 3. The number of nitrogens with one attached hydrogen (secondary N) is 1. The summed E-state index contributed by atoms with van der Waals surface area (Å²) in [6, 6.07) is 13.2. The van der Waals surface area contributed by atoms with Crippen molar-refractivity contribution in [1.29, 1.82) is 0 Å². The topological polar surface area (TPSA) is 92.0 Å². The van der Waals surface area contributed by atoms with Crippen LogP contribution in [0.25, 0.3) is 0 Å². The third-order valence-electron chi connectivity index (χ3n) is 6.09. The van der Waals surface area contributed by atoms with Gasteiger partial charge in [-0.15, -0.1) is 0 Å². The van der Waals surface area contributed by atoms with Gasteiger partial charge < -0.3 is 16.8 Å². The number of hydrogen-bond acceptors (Lipinski definition) is 6. The minimum Gasteiger partial charge on any atom is -0.377 e. The Labute approximate surface area is 185 Å². The maximum Gasteiger partial charge on any atom is 0.416 e. The summed E-state index contributed by atoms with van der Waals surface area (Å²) in [5.41, 5.74) is 12.4. The zero-order valence-electron chi connectivity index (χ0n) is 17.9. The molecule has 1 fully saturated rings. The van der Waals surface area contributed by atoms with Gasteiger partial charge in [0.05, 0.1) is 16.9 Å². The van der Waals surface area contributed by atoms with E-state index in [4.69, 9.17) is 11.5 Å². The molecule has 1 atom stereocenters. The third kappa shape index (κ3) is 4.24. The second-order valence-corrected chi connectivity index (χ2v) is 8.32. The molecule has 0 radical (unpaired) electrons. The molecule has 0 aromatic heterocycles. The Bertz CT molecular complexity index is 1030. The van der Waals surface area contributed by atoms with Crippen LogP contribution >= 0.6 is 0 Å². The van der Waals surface area contributed by atoms with Crippen molar-refractivity contribution < 1.29 is 13.2 Å². The molecule has 170 valence electrons. The molecule has 1 aliphatic heterocycles. The van der Waals surface area contributed by atoms with Gasteiger partial charge in [-0.3, -0.25) is 4.90 Å². The van der Waals surface area contributed by atoms with Crippen LogP contribution in [0.2, 0.25) is 0 Å². The molecular weight excluding hydrogens is 417 g/mol. The van der Waals surface area contributed by atoms with Gasteiger partial charge in [-0.05, 0) is 56.4 Å². The first-order valence-corrected chi connectivity index (χ1v) is 10.7. The van der Waals surface area contributed by atoms with Crippen molar-refractivity contribution in [3.63, 3.8) is 0 Å². The quantitative estimate of drug-likeness (QED) is 0.620. The van der Waals surface area contributed by atoms with Gasteiger partial charge in [-0.25, -0.2) is 4.99 Å². The molecule has 32 heavy (non-hydrogen) atoms. The van der Waals surface area contributed by atoms with E-state index in [0.717, 1.165) is 37.0 Å². The summed E-state index contributed by atoms with van der Waals surface area (Å²) < 4.78 is 40.9. The number of nitrogens with zero attached hydrogens (tertiary/aromatic N) is 3. The summed E-state index contributed by atoms with van der Waals surface area (Å²) in [5, 5.41) is 3.36. The minimum atomic E-state index is -4.50. The van der Waals surface area contributed by atoms with E-state index in [0.29, 0.717) is 24.2 Å². The van der Waals surface area contributed by atoms with Gasteiger partial charge in [0.15, 0.2) is 0 Å². The normalized spacial score (nSPS) is 19.3. The Morgan fingerprint density at radius 1 is 1.03 bits per heavy atom. The second kappa shape index (κ2) is 8.37. The van der Waals surface area contributed by atoms with Crippen LogP contribution in [0.15, 0.2) is 58.5 Å². The largest absolute Gasteiger partial charge is 0.416 e. The van der Waals surface area contributed by atoms with Crippen LogP contribution in [0.3, 0.4) is 0 Å². The Hall–Kier alpha value is -3.23. The van der Waals surface area contributed by atoms with Crippen molar-refractivity contribution in [3.8, 4) is 0 Å². The number of nitrogens with two attached hydrogens (primary N) is 2. The van der Waals surface area contributed by atoms with Crippen LogP contribution in [0, 0.1) is 0 Å². The molecule has 1 aliphatic carbocycles. The first kappa shape index (κ1) is 22.0. The molecule has 0 saturated heterocycles. The van der Waals surface area contributed by atoms with Crippen molar-refractivity contribution in [2.45, 2.75) is 56.9 Å². The Kier molecular flexibility index (Phi) is 5.75. The highest BCUT2D eigenvalue weighted by Crippen LogP contribution is 2.44. The number of anilines is 2. The van der Waals surface area contributed by atoms with Gasteiger partial charge in [0.25, 0.3) is 0 Å². The predicted molar refractivity (Wildman–Crippen MR) is 121 cm³/mol. The molecule has 2 aromatic carbocycles. The molecular formula is C23H27F3N6. The van der Waals surface area contributed by atoms with Gasteiger partial charge in [-0.1, -0.05) is 36.8 Å². The maximum absolute atomic E-state index is 13.6. The average Bonchev–Trinajstić information content (AvgIpc) is 2.74. The lowest BCUT2D eigenvalue weighted by atomic mass is 9.87. The fourth-order valence-electron chi connectivity index (χ4n) is 4.54. The highest BCUT2D eigenvalue weighted by Gasteiger charge is 2.44. The molecule has 0 bridgehead atoms. The summed E-state index contributed by atoms with van der Waals surface area (Å²) in [5.74, 6) is 0.105. The maximum atomic E-state index is 13.6. The second-order valence-electron chi connectivity index (χ2n) is 8.32. The van der Waals surface area contributed by atoms with Crippen LogP contribution in [0.5, 0.6) is 0 Å². The van der Waals surface area contributed by atoms with E-state index in [1.807, 2.05) is 37.3 Å². The molecule has 2 aliphatic rings. The Morgan fingerprint density at radius 2 is 1.72 bits per heavy atom. The van der Waals surface area contributed by atoms with Crippen molar-refractivity contribution in [1.82, 2.24) is 0 Å². The smallest absolute Gasteiger partial charge is 0.377 e. The molecule has 9 heteroatoms. The van der Waals surface area contributed by atoms with Crippen LogP contribution in [-0.2, 0) is 6.18 Å². The molecule has 5 N–H and O–H groups in total. The van der Waals surface area contributed by atoms with E-state index >= 15 is 0 Å². The minimum absolute atomic E-state index is 0.0501. The number of aliphatic imine (C=N–C) groups is 2. The lowest BCUT2D eigenvalue weighted by Crippen LogP contribution is -2.58. The zero-order valence-corrected chi connectivity index (χ0v) is 17.9. The first-order chi connectivity index (χ1) is 15.2. The molecule has 2 aromatic rings. The SMILES string of the molecule is CC(Nc1ccc(C(F)(F)F)cc1N1C(N)=NC(N)=NC12CCCCC2)c1ccccc1. The van der Waals surface area contributed by atoms with Crippen LogP contribution in [0.4, 0.5) is 24.5 Å². The van der Waals surface area contributed by atoms with E-state index < -0.39 is 17.4 Å². The Balaban J connectivity index is 1.82. The zero-order chi connectivity index (χ0) is 22.9. The van der Waals surface area contributed by atoms with Crippen molar-refractivity contribution in [2.24, 2.45) is 21.5 Å². The number of alkyl halides is 3. The van der Waals surface area contributed by atoms with Crippen LogP contribution in [0.1, 0.15) is 56.2 Å².